The van der Waals surface area contributed by atoms with Crippen molar-refractivity contribution in [2.75, 3.05) is 0 Å². The van der Waals surface area contributed by atoms with Gasteiger partial charge in [0.1, 0.15) is 5.69 Å². The van der Waals surface area contributed by atoms with Gasteiger partial charge in [0.2, 0.25) is 0 Å². The highest BCUT2D eigenvalue weighted by Crippen LogP contribution is 2.24. The molecule has 0 unspecified atom stereocenters. The van der Waals surface area contributed by atoms with Gasteiger partial charge in [-0.3, -0.25) is 0 Å². The number of carbonyl (C=O) groups is 1. The van der Waals surface area contributed by atoms with Crippen molar-refractivity contribution in [3.8, 4) is 0 Å². The molecule has 0 amide bonds. The fraction of sp³-hybridized carbons (Fsp3) is 0.118. The van der Waals surface area contributed by atoms with Crippen LogP contribution >= 0.6 is 0 Å². The highest BCUT2D eigenvalue weighted by atomic mass is 16.4. The Morgan fingerprint density at radius 3 is 2.55 bits per heavy atom. The predicted molar refractivity (Wildman–Crippen MR) is 79.2 cm³/mol. The molecule has 3 rings (SSSR count). The van der Waals surface area contributed by atoms with Crippen molar-refractivity contribution in [3.63, 3.8) is 0 Å². The van der Waals surface area contributed by atoms with Crippen molar-refractivity contribution in [1.29, 1.82) is 0 Å². The van der Waals surface area contributed by atoms with Gasteiger partial charge in [-0.15, -0.1) is 0 Å². The molecule has 1 heterocycles. The lowest BCUT2D eigenvalue weighted by Gasteiger charge is -2.10. The molecule has 3 heteroatoms. The standard InChI is InChI=1S/C17H15NO2/c1-12-6-5-9-14-10-15(17(19)20)18(16(12)14)11-13-7-3-2-4-8-13/h2-10H,11H2,1H3,(H,19,20). The zero-order chi connectivity index (χ0) is 14.1. The predicted octanol–water partition coefficient (Wildman–Crippen LogP) is 3.70. The molecule has 0 bridgehead atoms. The number of para-hydroxylation sites is 1. The van der Waals surface area contributed by atoms with Crippen LogP contribution in [0.25, 0.3) is 10.9 Å². The van der Waals surface area contributed by atoms with E-state index in [0.29, 0.717) is 12.2 Å². The zero-order valence-electron chi connectivity index (χ0n) is 11.2. The van der Waals surface area contributed by atoms with Crippen molar-refractivity contribution in [1.82, 2.24) is 4.57 Å². The number of aromatic nitrogens is 1. The molecular weight excluding hydrogens is 250 g/mol. The Hall–Kier alpha value is -2.55. The Labute approximate surface area is 117 Å². The first-order valence-corrected chi connectivity index (χ1v) is 6.53. The van der Waals surface area contributed by atoms with Crippen LogP contribution in [0.15, 0.2) is 54.6 Å². The number of fused-ring (bicyclic) bond motifs is 1. The van der Waals surface area contributed by atoms with Crippen LogP contribution in [-0.2, 0) is 6.54 Å². The molecule has 1 N–H and O–H groups in total. The van der Waals surface area contributed by atoms with E-state index in [2.05, 4.69) is 0 Å². The van der Waals surface area contributed by atoms with Gasteiger partial charge in [0, 0.05) is 11.9 Å². The third-order valence-corrected chi connectivity index (χ3v) is 3.52. The average Bonchev–Trinajstić information content (AvgIpc) is 2.80. The third kappa shape index (κ3) is 2.07. The van der Waals surface area contributed by atoms with E-state index in [4.69, 9.17) is 0 Å². The largest absolute Gasteiger partial charge is 0.477 e. The molecule has 1 aromatic heterocycles. The Kier molecular flexibility index (Phi) is 3.03. The number of carboxylic acid groups (broad SMARTS) is 1. The van der Waals surface area contributed by atoms with Crippen molar-refractivity contribution in [2.45, 2.75) is 13.5 Å². The van der Waals surface area contributed by atoms with Crippen molar-refractivity contribution >= 4 is 16.9 Å². The minimum absolute atomic E-state index is 0.332. The number of rotatable bonds is 3. The van der Waals surface area contributed by atoms with E-state index < -0.39 is 5.97 Å². The summed E-state index contributed by atoms with van der Waals surface area (Å²) >= 11 is 0. The Bertz CT molecular complexity index is 772. The molecule has 3 aromatic rings. The third-order valence-electron chi connectivity index (χ3n) is 3.52. The molecule has 0 saturated heterocycles. The lowest BCUT2D eigenvalue weighted by Crippen LogP contribution is -2.09. The zero-order valence-corrected chi connectivity index (χ0v) is 11.2. The molecule has 0 aliphatic rings. The normalized spacial score (nSPS) is 10.8. The van der Waals surface area contributed by atoms with Gasteiger partial charge >= 0.3 is 5.97 Å². The summed E-state index contributed by atoms with van der Waals surface area (Å²) in [4.78, 5) is 11.5. The fourth-order valence-corrected chi connectivity index (χ4v) is 2.62. The van der Waals surface area contributed by atoms with Crippen LogP contribution in [0.5, 0.6) is 0 Å². The maximum Gasteiger partial charge on any atom is 0.352 e. The highest BCUT2D eigenvalue weighted by molar-refractivity contribution is 5.95. The molecule has 0 saturated carbocycles. The van der Waals surface area contributed by atoms with E-state index in [1.54, 1.807) is 6.07 Å². The summed E-state index contributed by atoms with van der Waals surface area (Å²) in [6.07, 6.45) is 0. The van der Waals surface area contributed by atoms with Gasteiger partial charge in [0.15, 0.2) is 0 Å². The van der Waals surface area contributed by atoms with Gasteiger partial charge < -0.3 is 9.67 Å². The summed E-state index contributed by atoms with van der Waals surface area (Å²) in [5, 5.41) is 10.4. The first kappa shape index (κ1) is 12.5. The van der Waals surface area contributed by atoms with Gasteiger partial charge in [-0.05, 0) is 24.1 Å². The minimum atomic E-state index is -0.892. The molecule has 0 radical (unpaired) electrons. The Morgan fingerprint density at radius 1 is 1.10 bits per heavy atom. The molecule has 2 aromatic carbocycles. The second kappa shape index (κ2) is 4.85. The number of benzene rings is 2. The number of hydrogen-bond acceptors (Lipinski definition) is 1. The van der Waals surface area contributed by atoms with Gasteiger partial charge in [-0.2, -0.15) is 0 Å². The van der Waals surface area contributed by atoms with Crippen LogP contribution in [0.4, 0.5) is 0 Å². The van der Waals surface area contributed by atoms with Crippen molar-refractivity contribution < 1.29 is 9.90 Å². The van der Waals surface area contributed by atoms with Crippen molar-refractivity contribution in [2.24, 2.45) is 0 Å². The maximum atomic E-state index is 11.5. The lowest BCUT2D eigenvalue weighted by atomic mass is 10.1. The minimum Gasteiger partial charge on any atom is -0.477 e. The summed E-state index contributed by atoms with van der Waals surface area (Å²) in [5.41, 5.74) is 3.51. The number of carboxylic acids is 1. The van der Waals surface area contributed by atoms with Crippen LogP contribution in [0, 0.1) is 6.92 Å². The SMILES string of the molecule is Cc1cccc2cc(C(=O)O)n(Cc3ccccc3)c12. The van der Waals surface area contributed by atoms with Crippen LogP contribution in [0.2, 0.25) is 0 Å². The molecule has 20 heavy (non-hydrogen) atoms. The second-order valence-electron chi connectivity index (χ2n) is 4.92. The molecule has 0 spiro atoms. The van der Waals surface area contributed by atoms with Crippen molar-refractivity contribution in [3.05, 3.63) is 71.4 Å². The number of aromatic carboxylic acids is 1. The number of nitrogens with zero attached hydrogens (tertiary/aromatic N) is 1. The molecule has 0 fully saturated rings. The van der Waals surface area contributed by atoms with Gasteiger partial charge in [0.05, 0.1) is 5.52 Å². The summed E-state index contributed by atoms with van der Waals surface area (Å²) in [6, 6.07) is 17.6. The smallest absolute Gasteiger partial charge is 0.352 e. The molecule has 0 aliphatic heterocycles. The topological polar surface area (TPSA) is 42.2 Å². The molecule has 3 nitrogen and oxygen atoms in total. The molecule has 0 atom stereocenters. The molecule has 0 aliphatic carbocycles. The Morgan fingerprint density at radius 2 is 1.85 bits per heavy atom. The Balaban J connectivity index is 2.21. The molecule has 100 valence electrons. The second-order valence-corrected chi connectivity index (χ2v) is 4.92. The molecular formula is C17H15NO2. The number of hydrogen-bond donors (Lipinski definition) is 1. The van der Waals surface area contributed by atoms with Crippen LogP contribution in [-0.4, -0.2) is 15.6 Å². The van der Waals surface area contributed by atoms with Gasteiger partial charge in [0.25, 0.3) is 0 Å². The van der Waals surface area contributed by atoms with Crippen LogP contribution < -0.4 is 0 Å². The fourth-order valence-electron chi connectivity index (χ4n) is 2.62. The van der Waals surface area contributed by atoms with E-state index in [1.165, 1.54) is 0 Å². The maximum absolute atomic E-state index is 11.5. The van der Waals surface area contributed by atoms with Crippen LogP contribution in [0.3, 0.4) is 0 Å². The van der Waals surface area contributed by atoms with E-state index in [9.17, 15) is 9.90 Å². The van der Waals surface area contributed by atoms with Gasteiger partial charge in [-0.25, -0.2) is 4.79 Å². The summed E-state index contributed by atoms with van der Waals surface area (Å²) in [7, 11) is 0. The van der Waals surface area contributed by atoms with Crippen LogP contribution in [0.1, 0.15) is 21.6 Å². The first-order chi connectivity index (χ1) is 9.66. The van der Waals surface area contributed by atoms with E-state index in [1.807, 2.05) is 60.0 Å². The monoisotopic (exact) mass is 265 g/mol. The van der Waals surface area contributed by atoms with E-state index in [0.717, 1.165) is 22.0 Å². The lowest BCUT2D eigenvalue weighted by molar-refractivity contribution is 0.0686. The number of aryl methyl sites for hydroxylation is 1. The average molecular weight is 265 g/mol. The summed E-state index contributed by atoms with van der Waals surface area (Å²) in [6.45, 7) is 2.58. The van der Waals surface area contributed by atoms with Gasteiger partial charge in [-0.1, -0.05) is 48.5 Å². The summed E-state index contributed by atoms with van der Waals surface area (Å²) < 4.78 is 1.88. The summed E-state index contributed by atoms with van der Waals surface area (Å²) in [5.74, 6) is -0.892. The quantitative estimate of drug-likeness (QED) is 0.784. The van der Waals surface area contributed by atoms with E-state index >= 15 is 0 Å². The highest BCUT2D eigenvalue weighted by Gasteiger charge is 2.15. The van der Waals surface area contributed by atoms with E-state index in [-0.39, 0.29) is 0 Å². The first-order valence-electron chi connectivity index (χ1n) is 6.53.